The minimum absolute atomic E-state index is 0. The maximum absolute atomic E-state index is 8.58. The predicted octanol–water partition coefficient (Wildman–Crippen LogP) is -11.9. The van der Waals surface area contributed by atoms with Gasteiger partial charge >= 0.3 is 278 Å². The predicted molar refractivity (Wildman–Crippen MR) is 33.7 cm³/mol. The first-order chi connectivity index (χ1) is 5.97. The monoisotopic (exact) mass is 600 g/mol. The van der Waals surface area contributed by atoms with Crippen molar-refractivity contribution in [3.63, 3.8) is 0 Å². The van der Waals surface area contributed by atoms with Crippen molar-refractivity contribution in [3.05, 3.63) is 0 Å². The van der Waals surface area contributed by atoms with Crippen LogP contribution in [0.3, 0.4) is 0 Å². The standard InChI is InChI=1S/6CN.Fe.4K.4Ni/c6*1-2;;;;;;;;;/q;;;;;;-4;4*+1;;;;. The molecule has 0 radical (unpaired) electrons. The normalized spacial score (nSPS) is 8.29. The van der Waals surface area contributed by atoms with Crippen LogP contribution < -0.4 is 206 Å². The molecule has 106 valence electrons. The first kappa shape index (κ1) is 56.3. The van der Waals surface area contributed by atoms with Crippen LogP contribution in [0.4, 0.5) is 0 Å². The van der Waals surface area contributed by atoms with Crippen LogP contribution >= 0.6 is 0 Å². The zero-order valence-electron chi connectivity index (χ0n) is 11.3. The molecule has 0 N–H and O–H groups in total. The molecule has 0 saturated carbocycles. The van der Waals surface area contributed by atoms with Gasteiger partial charge in [-0.1, -0.05) is 0 Å². The molecule has 0 fully saturated rings. The van der Waals surface area contributed by atoms with E-state index >= 15 is 0 Å². The summed E-state index contributed by atoms with van der Waals surface area (Å²) in [5.41, 5.74) is 0. The van der Waals surface area contributed by atoms with Gasteiger partial charge in [0.25, 0.3) is 0 Å². The number of nitrogens with zero attached hydrogens (tertiary/aromatic N) is 6. The molecule has 0 heterocycles. The summed E-state index contributed by atoms with van der Waals surface area (Å²) in [5.74, 6) is 0. The van der Waals surface area contributed by atoms with E-state index in [1.807, 2.05) is 0 Å². The summed E-state index contributed by atoms with van der Waals surface area (Å²) in [5, 5.41) is 51.5. The van der Waals surface area contributed by atoms with Crippen LogP contribution in [0, 0.1) is 61.4 Å². The van der Waals surface area contributed by atoms with Crippen molar-refractivity contribution < 1.29 is 282 Å². The summed E-state index contributed by atoms with van der Waals surface area (Å²) in [6.07, 6.45) is 0. The Hall–Kier alpha value is 5.98. The molecule has 0 aliphatic heterocycles. The summed E-state index contributed by atoms with van der Waals surface area (Å²) >= 11 is 0. The number of hydrogen-bond donors (Lipinski definition) is 0. The molecule has 0 saturated heterocycles. The van der Waals surface area contributed by atoms with Gasteiger partial charge in [-0.05, 0) is 0 Å². The second kappa shape index (κ2) is 22.3. The average Bonchev–Trinajstić information content (AvgIpc) is 2.26. The summed E-state index contributed by atoms with van der Waals surface area (Å²) in [6, 6.07) is 0. The Bertz CT molecular complexity index is 415. The maximum Gasteiger partial charge on any atom is 1.00 e. The molecule has 0 atom stereocenters. The van der Waals surface area contributed by atoms with Gasteiger partial charge in [-0.2, -0.15) is 0 Å². The number of hydrogen-bond acceptors (Lipinski definition) is 6. The quantitative estimate of drug-likeness (QED) is 0.252. The third-order valence-electron chi connectivity index (χ3n) is 1.19. The van der Waals surface area contributed by atoms with Crippen LogP contribution in [-0.4, -0.2) is 0 Å². The fraction of sp³-hybridized carbons (Fsp3) is 0. The van der Waals surface area contributed by atoms with E-state index in [1.54, 1.807) is 0 Å². The summed E-state index contributed by atoms with van der Waals surface area (Å²) in [7, 11) is -6.17. The molecule has 15 heteroatoms. The molecular formula is C6FeK4N6Ni4. The maximum atomic E-state index is 8.58. The van der Waals surface area contributed by atoms with Crippen LogP contribution in [0.2, 0.25) is 0 Å². The second-order valence-electron chi connectivity index (χ2n) is 1.80. The zero-order valence-corrected chi connectivity index (χ0v) is 28.8. The van der Waals surface area contributed by atoms with Gasteiger partial charge in [-0.15, -0.1) is 0 Å². The zero-order chi connectivity index (χ0) is 10.7. The molecule has 0 aromatic carbocycles. The van der Waals surface area contributed by atoms with E-state index in [4.69, 9.17) is 31.6 Å². The molecule has 0 bridgehead atoms. The molecule has 0 spiro atoms. The minimum atomic E-state index is -6.17. The summed E-state index contributed by atoms with van der Waals surface area (Å²) < 4.78 is 0. The minimum Gasteiger partial charge on any atom is 0 e. The van der Waals surface area contributed by atoms with Gasteiger partial charge in [0.15, 0.2) is 0 Å². The van der Waals surface area contributed by atoms with Crippen molar-refractivity contribution in [1.82, 2.24) is 0 Å². The Labute approximate surface area is 332 Å². The molecule has 6 nitrogen and oxygen atoms in total. The Morgan fingerprint density at radius 2 is 0.476 bits per heavy atom. The van der Waals surface area contributed by atoms with Crippen molar-refractivity contribution in [2.45, 2.75) is 0 Å². The third kappa shape index (κ3) is 11.5. The summed E-state index contributed by atoms with van der Waals surface area (Å²) in [4.78, 5) is 6.19. The summed E-state index contributed by atoms with van der Waals surface area (Å²) in [6.45, 7) is 0. The number of rotatable bonds is 0. The van der Waals surface area contributed by atoms with E-state index in [0.29, 0.717) is 0 Å². The van der Waals surface area contributed by atoms with Gasteiger partial charge in [0.05, 0.1) is 0 Å². The van der Waals surface area contributed by atoms with Gasteiger partial charge in [0, 0.05) is 66.0 Å². The molecule has 21 heavy (non-hydrogen) atoms. The first-order valence-corrected chi connectivity index (χ1v) is 5.71. The topological polar surface area (TPSA) is 143 Å². The van der Waals surface area contributed by atoms with Crippen molar-refractivity contribution in [1.29, 1.82) is 31.6 Å². The average molecular weight is 603 g/mol. The first-order valence-electron chi connectivity index (χ1n) is 2.40. The van der Waals surface area contributed by atoms with E-state index < -0.39 is 10.7 Å². The van der Waals surface area contributed by atoms with Gasteiger partial charge in [-0.3, -0.25) is 0 Å². The van der Waals surface area contributed by atoms with Gasteiger partial charge in [-0.25, -0.2) is 0 Å². The van der Waals surface area contributed by atoms with Crippen LogP contribution in [0.25, 0.3) is 0 Å². The van der Waals surface area contributed by atoms with Gasteiger partial charge < -0.3 is 0 Å². The molecule has 0 amide bonds. The molecule has 0 rings (SSSR count). The molecule has 0 aliphatic carbocycles. The van der Waals surface area contributed by atoms with E-state index in [2.05, 4.69) is 0 Å². The van der Waals surface area contributed by atoms with Crippen molar-refractivity contribution in [2.24, 2.45) is 0 Å². The second-order valence-corrected chi connectivity index (χ2v) is 7.42. The Morgan fingerprint density at radius 3 is 0.476 bits per heavy atom. The van der Waals surface area contributed by atoms with Crippen LogP contribution in [0.5, 0.6) is 0 Å². The van der Waals surface area contributed by atoms with Crippen LogP contribution in [0.15, 0.2) is 0 Å². The molecular weight excluding hydrogens is 603 g/mol. The van der Waals surface area contributed by atoms with Gasteiger partial charge in [0.2, 0.25) is 0 Å². The molecule has 0 aliphatic rings. The van der Waals surface area contributed by atoms with E-state index in [9.17, 15) is 0 Å². The Morgan fingerprint density at radius 1 is 0.381 bits per heavy atom. The molecule has 0 unspecified atom stereocenters. The smallest absolute Gasteiger partial charge is 0 e. The van der Waals surface area contributed by atoms with Crippen molar-refractivity contribution in [2.75, 3.05) is 0 Å². The largest absolute Gasteiger partial charge is 1.00 e. The Balaban J connectivity index is -0.0000000257. The third-order valence-corrected chi connectivity index (χ3v) is 4.89. The van der Waals surface area contributed by atoms with Crippen molar-refractivity contribution in [3.8, 4) is 29.8 Å². The fourth-order valence-electron chi connectivity index (χ4n) is 0.265. The molecule has 0 aromatic heterocycles. The SMILES string of the molecule is N#[C][Fe-4]([C]#N)([C]#N)([C]#N)([C]#N)[C]#N.[K+].[K+].[K+].[K+].[Ni].[Ni].[Ni].[Ni]. The van der Waals surface area contributed by atoms with Gasteiger partial charge in [0.1, 0.15) is 0 Å². The fourth-order valence-corrected chi connectivity index (χ4v) is 1.09. The molecule has 0 aromatic rings. The van der Waals surface area contributed by atoms with Crippen LogP contribution in [0.1, 0.15) is 0 Å². The Kier molecular flexibility index (Phi) is 59.7. The van der Waals surface area contributed by atoms with Crippen molar-refractivity contribution >= 4 is 0 Å². The van der Waals surface area contributed by atoms with E-state index in [1.165, 1.54) is 0 Å². The van der Waals surface area contributed by atoms with E-state index in [-0.39, 0.29) is 272 Å². The van der Waals surface area contributed by atoms with E-state index in [0.717, 1.165) is 29.8 Å². The number of nitriles is 6. The van der Waals surface area contributed by atoms with Crippen LogP contribution in [-0.2, 0) is 76.7 Å².